The van der Waals surface area contributed by atoms with Gasteiger partial charge < -0.3 is 14.2 Å². The van der Waals surface area contributed by atoms with Crippen LogP contribution in [0.15, 0.2) is 42.6 Å². The van der Waals surface area contributed by atoms with Crippen molar-refractivity contribution in [3.63, 3.8) is 0 Å². The third-order valence-electron chi connectivity index (χ3n) is 4.15. The molecule has 0 aliphatic rings. The second-order valence-corrected chi connectivity index (χ2v) is 5.56. The molecule has 3 rings (SSSR count). The molecule has 0 saturated heterocycles. The van der Waals surface area contributed by atoms with Crippen molar-refractivity contribution in [2.24, 2.45) is 0 Å². The topological polar surface area (TPSA) is 57.6 Å². The van der Waals surface area contributed by atoms with Gasteiger partial charge in [0.15, 0.2) is 17.8 Å². The monoisotopic (exact) mass is 337 g/mol. The lowest BCUT2D eigenvalue weighted by atomic mass is 10.0. The fourth-order valence-electron chi connectivity index (χ4n) is 2.86. The average Bonchev–Trinajstić information content (AvgIpc) is 2.66. The molecule has 0 spiro atoms. The minimum atomic E-state index is 0.531. The predicted octanol–water partition coefficient (Wildman–Crippen LogP) is 3.66. The molecular formula is C20H19NO4. The van der Waals surface area contributed by atoms with Crippen molar-refractivity contribution in [2.75, 3.05) is 21.3 Å². The maximum absolute atomic E-state index is 11.0. The molecule has 0 radical (unpaired) electrons. The van der Waals surface area contributed by atoms with Gasteiger partial charge in [-0.15, -0.1) is 0 Å². The van der Waals surface area contributed by atoms with Crippen molar-refractivity contribution in [1.29, 1.82) is 0 Å². The molecular weight excluding hydrogens is 318 g/mol. The number of methoxy groups -OCH3 is 3. The summed E-state index contributed by atoms with van der Waals surface area (Å²) in [5.41, 5.74) is 2.46. The smallest absolute Gasteiger partial charge is 0.161 e. The van der Waals surface area contributed by atoms with Gasteiger partial charge in [0.1, 0.15) is 5.75 Å². The number of carbonyl (C=O) groups is 1. The maximum Gasteiger partial charge on any atom is 0.161 e. The molecule has 0 fully saturated rings. The highest BCUT2D eigenvalue weighted by atomic mass is 16.5. The van der Waals surface area contributed by atoms with Crippen LogP contribution in [0.5, 0.6) is 17.2 Å². The van der Waals surface area contributed by atoms with E-state index in [1.165, 1.54) is 0 Å². The molecule has 25 heavy (non-hydrogen) atoms. The van der Waals surface area contributed by atoms with Crippen molar-refractivity contribution < 1.29 is 19.0 Å². The van der Waals surface area contributed by atoms with E-state index in [2.05, 4.69) is 4.98 Å². The standard InChI is InChI=1S/C20H19NO4/c1-23-18-9-13(4-5-15(18)12-22)8-17-16-11-20(25-3)19(24-2)10-14(16)6-7-21-17/h4-7,9-12H,8H2,1-3H3. The molecule has 1 aromatic heterocycles. The van der Waals surface area contributed by atoms with Gasteiger partial charge in [0.25, 0.3) is 0 Å². The summed E-state index contributed by atoms with van der Waals surface area (Å²) >= 11 is 0. The first-order chi connectivity index (χ1) is 12.2. The first-order valence-electron chi connectivity index (χ1n) is 7.82. The van der Waals surface area contributed by atoms with Crippen LogP contribution in [0.2, 0.25) is 0 Å². The molecule has 1 heterocycles. The van der Waals surface area contributed by atoms with Gasteiger partial charge in [-0.05, 0) is 41.3 Å². The van der Waals surface area contributed by atoms with E-state index in [1.807, 2.05) is 30.3 Å². The van der Waals surface area contributed by atoms with Crippen LogP contribution < -0.4 is 14.2 Å². The highest BCUT2D eigenvalue weighted by Crippen LogP contribution is 2.33. The zero-order valence-electron chi connectivity index (χ0n) is 14.4. The van der Waals surface area contributed by atoms with Gasteiger partial charge in [0, 0.05) is 18.0 Å². The van der Waals surface area contributed by atoms with Crippen LogP contribution in [0.25, 0.3) is 10.8 Å². The number of carbonyl (C=O) groups excluding carboxylic acids is 1. The van der Waals surface area contributed by atoms with E-state index in [-0.39, 0.29) is 0 Å². The van der Waals surface area contributed by atoms with Crippen LogP contribution in [-0.4, -0.2) is 32.6 Å². The third-order valence-corrected chi connectivity index (χ3v) is 4.15. The lowest BCUT2D eigenvalue weighted by Crippen LogP contribution is -1.98. The molecule has 0 N–H and O–H groups in total. The molecule has 5 nitrogen and oxygen atoms in total. The van der Waals surface area contributed by atoms with Crippen molar-refractivity contribution in [3.8, 4) is 17.2 Å². The lowest BCUT2D eigenvalue weighted by molar-refractivity contribution is 0.112. The van der Waals surface area contributed by atoms with Crippen molar-refractivity contribution in [3.05, 3.63) is 59.4 Å². The summed E-state index contributed by atoms with van der Waals surface area (Å²) < 4.78 is 16.0. The molecule has 5 heteroatoms. The molecule has 0 atom stereocenters. The molecule has 128 valence electrons. The molecule has 3 aromatic rings. The second kappa shape index (κ2) is 7.21. The fraction of sp³-hybridized carbons (Fsp3) is 0.200. The number of ether oxygens (including phenoxy) is 3. The molecule has 0 unspecified atom stereocenters. The zero-order chi connectivity index (χ0) is 17.8. The van der Waals surface area contributed by atoms with Crippen LogP contribution in [0.3, 0.4) is 0 Å². The van der Waals surface area contributed by atoms with Crippen molar-refractivity contribution in [1.82, 2.24) is 4.98 Å². The van der Waals surface area contributed by atoms with Crippen molar-refractivity contribution in [2.45, 2.75) is 6.42 Å². The Bertz CT molecular complexity index is 921. The number of benzene rings is 2. The first-order valence-corrected chi connectivity index (χ1v) is 7.82. The number of nitrogens with zero attached hydrogens (tertiary/aromatic N) is 1. The Morgan fingerprint density at radius 2 is 1.64 bits per heavy atom. The van der Waals surface area contributed by atoms with E-state index >= 15 is 0 Å². The number of pyridine rings is 1. The Balaban J connectivity index is 2.05. The first kappa shape index (κ1) is 16.8. The number of hydrogen-bond acceptors (Lipinski definition) is 5. The number of rotatable bonds is 6. The Labute approximate surface area is 146 Å². The molecule has 0 aliphatic heterocycles. The van der Waals surface area contributed by atoms with Gasteiger partial charge in [0.05, 0.1) is 32.6 Å². The molecule has 0 amide bonds. The summed E-state index contributed by atoms with van der Waals surface area (Å²) in [6, 6.07) is 11.4. The van der Waals surface area contributed by atoms with Crippen LogP contribution >= 0.6 is 0 Å². The summed E-state index contributed by atoms with van der Waals surface area (Å²) in [5.74, 6) is 1.91. The second-order valence-electron chi connectivity index (χ2n) is 5.56. The summed E-state index contributed by atoms with van der Waals surface area (Å²) in [4.78, 5) is 15.6. The molecule has 0 bridgehead atoms. The summed E-state index contributed by atoms with van der Waals surface area (Å²) in [6.07, 6.45) is 3.18. The van der Waals surface area contributed by atoms with Gasteiger partial charge in [0.2, 0.25) is 0 Å². The van der Waals surface area contributed by atoms with E-state index < -0.39 is 0 Å². The minimum absolute atomic E-state index is 0.531. The Morgan fingerprint density at radius 3 is 2.32 bits per heavy atom. The number of fused-ring (bicyclic) bond motifs is 1. The summed E-state index contributed by atoms with van der Waals surface area (Å²) in [6.45, 7) is 0. The third kappa shape index (κ3) is 3.26. The van der Waals surface area contributed by atoms with Gasteiger partial charge in [-0.1, -0.05) is 6.07 Å². The van der Waals surface area contributed by atoms with E-state index in [9.17, 15) is 4.79 Å². The zero-order valence-corrected chi connectivity index (χ0v) is 14.4. The van der Waals surface area contributed by atoms with E-state index in [0.717, 1.165) is 28.3 Å². The van der Waals surface area contributed by atoms with Crippen LogP contribution in [0, 0.1) is 0 Å². The largest absolute Gasteiger partial charge is 0.496 e. The Morgan fingerprint density at radius 1 is 0.920 bits per heavy atom. The van der Waals surface area contributed by atoms with Crippen LogP contribution in [-0.2, 0) is 6.42 Å². The van der Waals surface area contributed by atoms with E-state index in [0.29, 0.717) is 29.2 Å². The van der Waals surface area contributed by atoms with Gasteiger partial charge >= 0.3 is 0 Å². The molecule has 0 aliphatic carbocycles. The van der Waals surface area contributed by atoms with Gasteiger partial charge in [-0.25, -0.2) is 0 Å². The maximum atomic E-state index is 11.0. The van der Waals surface area contributed by atoms with E-state index in [4.69, 9.17) is 14.2 Å². The van der Waals surface area contributed by atoms with Crippen molar-refractivity contribution >= 4 is 17.1 Å². The van der Waals surface area contributed by atoms with Gasteiger partial charge in [-0.2, -0.15) is 0 Å². The average molecular weight is 337 g/mol. The SMILES string of the molecule is COc1cc(Cc2nccc3cc(OC)c(OC)cc23)ccc1C=O. The number of hydrogen-bond donors (Lipinski definition) is 0. The Hall–Kier alpha value is -3.08. The molecule has 2 aromatic carbocycles. The predicted molar refractivity (Wildman–Crippen MR) is 96.0 cm³/mol. The van der Waals surface area contributed by atoms with Crippen LogP contribution in [0.4, 0.5) is 0 Å². The summed E-state index contributed by atoms with van der Waals surface area (Å²) in [5, 5.41) is 2.03. The number of aldehydes is 1. The van der Waals surface area contributed by atoms with E-state index in [1.54, 1.807) is 33.6 Å². The minimum Gasteiger partial charge on any atom is -0.496 e. The van der Waals surface area contributed by atoms with Gasteiger partial charge in [-0.3, -0.25) is 9.78 Å². The quantitative estimate of drug-likeness (QED) is 0.643. The highest BCUT2D eigenvalue weighted by Gasteiger charge is 2.11. The Kier molecular flexibility index (Phi) is 4.84. The number of aromatic nitrogens is 1. The highest BCUT2D eigenvalue weighted by molar-refractivity contribution is 5.88. The fourth-order valence-corrected chi connectivity index (χ4v) is 2.86. The lowest BCUT2D eigenvalue weighted by Gasteiger charge is -2.12. The summed E-state index contributed by atoms with van der Waals surface area (Å²) in [7, 11) is 4.79. The van der Waals surface area contributed by atoms with Crippen LogP contribution in [0.1, 0.15) is 21.6 Å². The normalized spacial score (nSPS) is 10.5. The molecule has 0 saturated carbocycles.